The molecule has 2 unspecified atom stereocenters. The number of carbonyl (C=O) groups is 2. The molecular weight excluding hydrogens is 242 g/mol. The highest BCUT2D eigenvalue weighted by Crippen LogP contribution is 2.27. The number of likely N-dealkylation sites (tertiary alicyclic amines) is 1. The molecule has 1 N–H and O–H groups in total. The van der Waals surface area contributed by atoms with Gasteiger partial charge in [-0.15, -0.1) is 0 Å². The zero-order valence-electron chi connectivity index (χ0n) is 11.5. The topological polar surface area (TPSA) is 57.6 Å². The van der Waals surface area contributed by atoms with E-state index in [2.05, 4.69) is 0 Å². The summed E-state index contributed by atoms with van der Waals surface area (Å²) in [5, 5.41) is 9.29. The number of nitrogens with zero attached hydrogens (tertiary/aromatic N) is 1. The van der Waals surface area contributed by atoms with E-state index in [0.717, 1.165) is 17.5 Å². The Morgan fingerprint density at radius 2 is 1.84 bits per heavy atom. The van der Waals surface area contributed by atoms with Gasteiger partial charge < -0.3 is 10.0 Å². The van der Waals surface area contributed by atoms with Gasteiger partial charge >= 0.3 is 5.97 Å². The summed E-state index contributed by atoms with van der Waals surface area (Å²) < 4.78 is 0. The second-order valence-electron chi connectivity index (χ2n) is 5.31. The lowest BCUT2D eigenvalue weighted by Crippen LogP contribution is -2.43. The highest BCUT2D eigenvalue weighted by atomic mass is 16.4. The van der Waals surface area contributed by atoms with Crippen molar-refractivity contribution in [2.75, 3.05) is 6.54 Å². The van der Waals surface area contributed by atoms with Gasteiger partial charge in [-0.3, -0.25) is 4.79 Å². The Morgan fingerprint density at radius 3 is 2.37 bits per heavy atom. The number of benzene rings is 1. The third-order valence-electron chi connectivity index (χ3n) is 3.91. The number of carboxylic acids is 1. The molecule has 1 amide bonds. The largest absolute Gasteiger partial charge is 0.480 e. The lowest BCUT2D eigenvalue weighted by atomic mass is 10.00. The summed E-state index contributed by atoms with van der Waals surface area (Å²) in [6, 6.07) is 4.97. The fourth-order valence-corrected chi connectivity index (χ4v) is 2.85. The fourth-order valence-electron chi connectivity index (χ4n) is 2.85. The van der Waals surface area contributed by atoms with Crippen LogP contribution >= 0.6 is 0 Å². The minimum atomic E-state index is -0.912. The Bertz CT molecular complexity index is 504. The van der Waals surface area contributed by atoms with E-state index in [4.69, 9.17) is 0 Å². The van der Waals surface area contributed by atoms with Crippen molar-refractivity contribution < 1.29 is 14.7 Å². The van der Waals surface area contributed by atoms with E-state index in [1.165, 1.54) is 4.90 Å². The SMILES string of the molecule is Cc1cccc(C)c1C(=O)N1CCC(C)C1C(=O)O. The molecule has 102 valence electrons. The molecule has 19 heavy (non-hydrogen) atoms. The molecule has 0 aliphatic carbocycles. The minimum absolute atomic E-state index is 0.00535. The number of aliphatic carboxylic acids is 1. The molecule has 1 aromatic rings. The number of hydrogen-bond acceptors (Lipinski definition) is 2. The van der Waals surface area contributed by atoms with Crippen LogP contribution in [0.3, 0.4) is 0 Å². The zero-order valence-corrected chi connectivity index (χ0v) is 11.5. The third-order valence-corrected chi connectivity index (χ3v) is 3.91. The van der Waals surface area contributed by atoms with Crippen molar-refractivity contribution in [3.05, 3.63) is 34.9 Å². The van der Waals surface area contributed by atoms with E-state index in [0.29, 0.717) is 12.1 Å². The molecule has 1 fully saturated rings. The number of aryl methyl sites for hydroxylation is 2. The van der Waals surface area contributed by atoms with Crippen molar-refractivity contribution in [2.45, 2.75) is 33.2 Å². The third kappa shape index (κ3) is 2.35. The van der Waals surface area contributed by atoms with Crippen molar-refractivity contribution in [3.63, 3.8) is 0 Å². The van der Waals surface area contributed by atoms with E-state index < -0.39 is 12.0 Å². The van der Waals surface area contributed by atoms with Gasteiger partial charge in [-0.05, 0) is 37.3 Å². The maximum Gasteiger partial charge on any atom is 0.326 e. The van der Waals surface area contributed by atoms with Gasteiger partial charge in [0, 0.05) is 12.1 Å². The molecule has 1 aromatic carbocycles. The van der Waals surface area contributed by atoms with Crippen LogP contribution in [-0.2, 0) is 4.79 Å². The fraction of sp³-hybridized carbons (Fsp3) is 0.467. The molecule has 4 nitrogen and oxygen atoms in total. The molecule has 1 heterocycles. The number of hydrogen-bond donors (Lipinski definition) is 1. The standard InChI is InChI=1S/C15H19NO3/c1-9-5-4-6-10(2)12(9)14(17)16-8-7-11(3)13(16)15(18)19/h4-6,11,13H,7-8H2,1-3H3,(H,18,19). The second kappa shape index (κ2) is 5.03. The van der Waals surface area contributed by atoms with Gasteiger partial charge in [0.2, 0.25) is 0 Å². The van der Waals surface area contributed by atoms with E-state index in [1.807, 2.05) is 39.0 Å². The minimum Gasteiger partial charge on any atom is -0.480 e. The average molecular weight is 261 g/mol. The first-order valence-electron chi connectivity index (χ1n) is 6.53. The van der Waals surface area contributed by atoms with Gasteiger partial charge in [0.15, 0.2) is 0 Å². The van der Waals surface area contributed by atoms with E-state index in [1.54, 1.807) is 0 Å². The van der Waals surface area contributed by atoms with E-state index in [-0.39, 0.29) is 11.8 Å². The van der Waals surface area contributed by atoms with Crippen LogP contribution in [-0.4, -0.2) is 34.5 Å². The van der Waals surface area contributed by atoms with Crippen molar-refractivity contribution in [3.8, 4) is 0 Å². The first-order valence-corrected chi connectivity index (χ1v) is 6.53. The Balaban J connectivity index is 2.37. The van der Waals surface area contributed by atoms with Gasteiger partial charge in [-0.1, -0.05) is 25.1 Å². The Kier molecular flexibility index (Phi) is 3.60. The number of rotatable bonds is 2. The second-order valence-corrected chi connectivity index (χ2v) is 5.31. The van der Waals surface area contributed by atoms with Crippen LogP contribution in [0.5, 0.6) is 0 Å². The molecule has 1 aliphatic rings. The molecule has 0 spiro atoms. The van der Waals surface area contributed by atoms with Gasteiger partial charge in [0.05, 0.1) is 0 Å². The molecule has 0 radical (unpaired) electrons. The van der Waals surface area contributed by atoms with Gasteiger partial charge in [0.1, 0.15) is 6.04 Å². The number of carbonyl (C=O) groups excluding carboxylic acids is 1. The average Bonchev–Trinajstić information content (AvgIpc) is 2.70. The van der Waals surface area contributed by atoms with Gasteiger partial charge in [0.25, 0.3) is 5.91 Å². The van der Waals surface area contributed by atoms with Crippen LogP contribution in [0.15, 0.2) is 18.2 Å². The summed E-state index contributed by atoms with van der Waals surface area (Å²) in [4.78, 5) is 25.4. The Morgan fingerprint density at radius 1 is 1.26 bits per heavy atom. The summed E-state index contributed by atoms with van der Waals surface area (Å²) in [6.07, 6.45) is 0.744. The molecule has 4 heteroatoms. The molecule has 0 bridgehead atoms. The van der Waals surface area contributed by atoms with Gasteiger partial charge in [-0.25, -0.2) is 4.79 Å². The highest BCUT2D eigenvalue weighted by Gasteiger charge is 2.40. The van der Waals surface area contributed by atoms with Crippen LogP contribution in [0, 0.1) is 19.8 Å². The maximum atomic E-state index is 12.6. The van der Waals surface area contributed by atoms with Crippen LogP contribution < -0.4 is 0 Å². The van der Waals surface area contributed by atoms with Crippen LogP contribution in [0.25, 0.3) is 0 Å². The lowest BCUT2D eigenvalue weighted by Gasteiger charge is -2.25. The maximum absolute atomic E-state index is 12.6. The first kappa shape index (κ1) is 13.6. The Labute approximate surface area is 113 Å². The summed E-state index contributed by atoms with van der Waals surface area (Å²) in [6.45, 7) is 6.17. The monoisotopic (exact) mass is 261 g/mol. The number of carboxylic acid groups (broad SMARTS) is 1. The van der Waals surface area contributed by atoms with E-state index >= 15 is 0 Å². The van der Waals surface area contributed by atoms with Crippen molar-refractivity contribution in [1.29, 1.82) is 0 Å². The van der Waals surface area contributed by atoms with Crippen LogP contribution in [0.2, 0.25) is 0 Å². The number of amides is 1. The van der Waals surface area contributed by atoms with Crippen molar-refractivity contribution >= 4 is 11.9 Å². The predicted octanol–water partition coefficient (Wildman–Crippen LogP) is 2.24. The van der Waals surface area contributed by atoms with Crippen molar-refractivity contribution in [2.24, 2.45) is 5.92 Å². The molecular formula is C15H19NO3. The predicted molar refractivity (Wildman–Crippen MR) is 72.2 cm³/mol. The summed E-state index contributed by atoms with van der Waals surface area (Å²) in [5.74, 6) is -1.07. The summed E-state index contributed by atoms with van der Waals surface area (Å²) >= 11 is 0. The Hall–Kier alpha value is -1.84. The first-order chi connectivity index (χ1) is 8.93. The molecule has 1 saturated heterocycles. The summed E-state index contributed by atoms with van der Waals surface area (Å²) in [7, 11) is 0. The quantitative estimate of drug-likeness (QED) is 0.888. The normalized spacial score (nSPS) is 22.6. The highest BCUT2D eigenvalue weighted by molar-refractivity contribution is 5.99. The van der Waals surface area contributed by atoms with Crippen molar-refractivity contribution in [1.82, 2.24) is 4.90 Å². The summed E-state index contributed by atoms with van der Waals surface area (Å²) in [5.41, 5.74) is 2.44. The lowest BCUT2D eigenvalue weighted by molar-refractivity contribution is -0.142. The molecule has 1 aliphatic heterocycles. The smallest absolute Gasteiger partial charge is 0.326 e. The molecule has 0 saturated carbocycles. The molecule has 0 aromatic heterocycles. The molecule has 2 rings (SSSR count). The van der Waals surface area contributed by atoms with Crippen LogP contribution in [0.4, 0.5) is 0 Å². The molecule has 2 atom stereocenters. The van der Waals surface area contributed by atoms with E-state index in [9.17, 15) is 14.7 Å². The van der Waals surface area contributed by atoms with Gasteiger partial charge in [-0.2, -0.15) is 0 Å². The zero-order chi connectivity index (χ0) is 14.2. The van der Waals surface area contributed by atoms with Crippen LogP contribution in [0.1, 0.15) is 34.8 Å².